The van der Waals surface area contributed by atoms with E-state index in [4.69, 9.17) is 0 Å². The number of rotatable bonds is 3. The molecule has 0 aromatic heterocycles. The summed E-state index contributed by atoms with van der Waals surface area (Å²) in [6.45, 7) is 2.30. The Morgan fingerprint density at radius 3 is 3.05 bits per heavy atom. The van der Waals surface area contributed by atoms with Gasteiger partial charge in [-0.3, -0.25) is 0 Å². The maximum atomic E-state index is 13.9. The molecule has 1 N–H and O–H groups in total. The molecule has 110 valence electrons. The molecule has 0 spiro atoms. The molecule has 2 aliphatic rings. The number of halogens is 1. The van der Waals surface area contributed by atoms with Crippen LogP contribution < -0.4 is 5.32 Å². The minimum absolute atomic E-state index is 0.0471. The van der Waals surface area contributed by atoms with Crippen LogP contribution in [-0.4, -0.2) is 11.8 Å². The third kappa shape index (κ3) is 3.04. The van der Waals surface area contributed by atoms with E-state index in [1.807, 2.05) is 6.07 Å². The van der Waals surface area contributed by atoms with Crippen molar-refractivity contribution >= 4 is 11.8 Å². The standard InChI is InChI=1S/C17H24FNS/c1-2-12-5-3-6-13(11-12)19-16-9-10-20-17-14(16)7-4-8-15(17)18/h4,7-8,12-13,16,19H,2-3,5-6,9-11H2,1H3. The SMILES string of the molecule is CCC1CCCC(NC2CCSc3c(F)cccc32)C1. The van der Waals surface area contributed by atoms with Gasteiger partial charge in [-0.05, 0) is 42.6 Å². The first-order chi connectivity index (χ1) is 9.78. The third-order valence-electron chi connectivity index (χ3n) is 4.82. The van der Waals surface area contributed by atoms with E-state index in [0.29, 0.717) is 12.1 Å². The van der Waals surface area contributed by atoms with Gasteiger partial charge in [0.25, 0.3) is 0 Å². The number of fused-ring (bicyclic) bond motifs is 1. The fourth-order valence-corrected chi connectivity index (χ4v) is 4.80. The maximum Gasteiger partial charge on any atom is 0.137 e. The van der Waals surface area contributed by atoms with Gasteiger partial charge < -0.3 is 5.32 Å². The largest absolute Gasteiger partial charge is 0.307 e. The average molecular weight is 293 g/mol. The Kier molecular flexibility index (Phi) is 4.67. The molecule has 0 radical (unpaired) electrons. The molecule has 3 rings (SSSR count). The molecule has 1 fully saturated rings. The summed E-state index contributed by atoms with van der Waals surface area (Å²) in [5.41, 5.74) is 1.18. The van der Waals surface area contributed by atoms with Crippen molar-refractivity contribution in [1.82, 2.24) is 5.32 Å². The molecule has 1 aliphatic carbocycles. The summed E-state index contributed by atoms with van der Waals surface area (Å²) < 4.78 is 13.9. The van der Waals surface area contributed by atoms with Crippen molar-refractivity contribution in [3.8, 4) is 0 Å². The fraction of sp³-hybridized carbons (Fsp3) is 0.647. The van der Waals surface area contributed by atoms with E-state index in [9.17, 15) is 4.39 Å². The Balaban J connectivity index is 1.71. The molecule has 20 heavy (non-hydrogen) atoms. The lowest BCUT2D eigenvalue weighted by molar-refractivity contribution is 0.259. The lowest BCUT2D eigenvalue weighted by atomic mass is 9.83. The van der Waals surface area contributed by atoms with Crippen LogP contribution in [0, 0.1) is 11.7 Å². The highest BCUT2D eigenvalue weighted by atomic mass is 32.2. The number of nitrogens with one attached hydrogen (secondary N) is 1. The highest BCUT2D eigenvalue weighted by Crippen LogP contribution is 2.39. The quantitative estimate of drug-likeness (QED) is 0.849. The van der Waals surface area contributed by atoms with E-state index in [-0.39, 0.29) is 5.82 Å². The van der Waals surface area contributed by atoms with Crippen LogP contribution in [0.4, 0.5) is 4.39 Å². The lowest BCUT2D eigenvalue weighted by Gasteiger charge is -2.34. The molecular formula is C17H24FNS. The molecule has 3 heteroatoms. The van der Waals surface area contributed by atoms with E-state index in [2.05, 4.69) is 18.3 Å². The Hall–Kier alpha value is -0.540. The summed E-state index contributed by atoms with van der Waals surface area (Å²) in [7, 11) is 0. The second-order valence-corrected chi connectivity index (χ2v) is 7.26. The molecule has 3 atom stereocenters. The van der Waals surface area contributed by atoms with Crippen molar-refractivity contribution in [3.05, 3.63) is 29.6 Å². The van der Waals surface area contributed by atoms with E-state index in [1.165, 1.54) is 37.7 Å². The predicted molar refractivity (Wildman–Crippen MR) is 83.7 cm³/mol. The van der Waals surface area contributed by atoms with Crippen molar-refractivity contribution in [2.24, 2.45) is 5.92 Å². The summed E-state index contributed by atoms with van der Waals surface area (Å²) in [5.74, 6) is 1.86. The van der Waals surface area contributed by atoms with Gasteiger partial charge in [-0.1, -0.05) is 38.3 Å². The fourth-order valence-electron chi connectivity index (χ4n) is 3.66. The van der Waals surface area contributed by atoms with E-state index in [1.54, 1.807) is 17.8 Å². The molecule has 0 bridgehead atoms. The van der Waals surface area contributed by atoms with Crippen LogP contribution in [0.15, 0.2) is 23.1 Å². The molecule has 3 unspecified atom stereocenters. The minimum atomic E-state index is -0.0471. The number of hydrogen-bond acceptors (Lipinski definition) is 2. The molecule has 0 saturated heterocycles. The van der Waals surface area contributed by atoms with Crippen LogP contribution >= 0.6 is 11.8 Å². The van der Waals surface area contributed by atoms with Crippen LogP contribution in [0.1, 0.15) is 57.1 Å². The van der Waals surface area contributed by atoms with Gasteiger partial charge >= 0.3 is 0 Å². The van der Waals surface area contributed by atoms with Gasteiger partial charge in [-0.15, -0.1) is 11.8 Å². The highest BCUT2D eigenvalue weighted by molar-refractivity contribution is 7.99. The zero-order valence-corrected chi connectivity index (χ0v) is 13.0. The van der Waals surface area contributed by atoms with Crippen molar-refractivity contribution in [2.75, 3.05) is 5.75 Å². The Morgan fingerprint density at radius 2 is 2.20 bits per heavy atom. The predicted octanol–water partition coefficient (Wildman–Crippen LogP) is 4.92. The first-order valence-corrected chi connectivity index (χ1v) is 8.93. The molecule has 1 aromatic carbocycles. The van der Waals surface area contributed by atoms with Gasteiger partial charge in [0.15, 0.2) is 0 Å². The summed E-state index contributed by atoms with van der Waals surface area (Å²) >= 11 is 1.67. The van der Waals surface area contributed by atoms with E-state index >= 15 is 0 Å². The van der Waals surface area contributed by atoms with Gasteiger partial charge in [0, 0.05) is 17.0 Å². The molecule has 1 aromatic rings. The van der Waals surface area contributed by atoms with Crippen LogP contribution in [0.25, 0.3) is 0 Å². The second-order valence-electron chi connectivity index (χ2n) is 6.15. The van der Waals surface area contributed by atoms with Crippen LogP contribution in [0.5, 0.6) is 0 Å². The molecular weight excluding hydrogens is 269 g/mol. The van der Waals surface area contributed by atoms with Gasteiger partial charge in [0.2, 0.25) is 0 Å². The van der Waals surface area contributed by atoms with Gasteiger partial charge in [0.1, 0.15) is 5.82 Å². The van der Waals surface area contributed by atoms with Crippen LogP contribution in [-0.2, 0) is 0 Å². The van der Waals surface area contributed by atoms with Gasteiger partial charge in [-0.25, -0.2) is 4.39 Å². The number of hydrogen-bond donors (Lipinski definition) is 1. The van der Waals surface area contributed by atoms with Gasteiger partial charge in [0.05, 0.1) is 0 Å². The zero-order valence-electron chi connectivity index (χ0n) is 12.2. The molecule has 0 amide bonds. The maximum absolute atomic E-state index is 13.9. The Bertz CT molecular complexity index is 462. The van der Waals surface area contributed by atoms with Gasteiger partial charge in [-0.2, -0.15) is 0 Å². The topological polar surface area (TPSA) is 12.0 Å². The number of thioether (sulfide) groups is 1. The Labute approximate surface area is 125 Å². The van der Waals surface area contributed by atoms with E-state index < -0.39 is 0 Å². The average Bonchev–Trinajstić information content (AvgIpc) is 2.49. The zero-order chi connectivity index (χ0) is 13.9. The number of benzene rings is 1. The highest BCUT2D eigenvalue weighted by Gasteiger charge is 2.27. The van der Waals surface area contributed by atoms with Crippen LogP contribution in [0.2, 0.25) is 0 Å². The van der Waals surface area contributed by atoms with Crippen molar-refractivity contribution in [1.29, 1.82) is 0 Å². The second kappa shape index (κ2) is 6.48. The molecule has 1 aliphatic heterocycles. The lowest BCUT2D eigenvalue weighted by Crippen LogP contribution is -2.38. The first-order valence-electron chi connectivity index (χ1n) is 7.95. The minimum Gasteiger partial charge on any atom is -0.307 e. The molecule has 1 nitrogen and oxygen atoms in total. The first kappa shape index (κ1) is 14.4. The molecule has 1 heterocycles. The monoisotopic (exact) mass is 293 g/mol. The smallest absolute Gasteiger partial charge is 0.137 e. The van der Waals surface area contributed by atoms with Crippen molar-refractivity contribution < 1.29 is 4.39 Å². The van der Waals surface area contributed by atoms with Crippen molar-refractivity contribution in [2.45, 2.75) is 62.4 Å². The summed E-state index contributed by atoms with van der Waals surface area (Å²) in [6.07, 6.45) is 7.72. The van der Waals surface area contributed by atoms with Crippen LogP contribution in [0.3, 0.4) is 0 Å². The summed E-state index contributed by atoms with van der Waals surface area (Å²) in [5, 5.41) is 3.83. The molecule has 1 saturated carbocycles. The van der Waals surface area contributed by atoms with E-state index in [0.717, 1.165) is 23.0 Å². The normalized spacial score (nSPS) is 30.0. The summed E-state index contributed by atoms with van der Waals surface area (Å²) in [6, 6.07) is 6.51. The van der Waals surface area contributed by atoms with Crippen molar-refractivity contribution in [3.63, 3.8) is 0 Å². The third-order valence-corrected chi connectivity index (χ3v) is 5.98. The Morgan fingerprint density at radius 1 is 1.30 bits per heavy atom. The summed E-state index contributed by atoms with van der Waals surface area (Å²) in [4.78, 5) is 0.874.